The van der Waals surface area contributed by atoms with Crippen LogP contribution in [-0.2, 0) is 0 Å². The zero-order valence-corrected chi connectivity index (χ0v) is 10.1. The molecule has 2 heterocycles. The first-order valence-electron chi connectivity index (χ1n) is 5.22. The van der Waals surface area contributed by atoms with Gasteiger partial charge in [0.15, 0.2) is 0 Å². The van der Waals surface area contributed by atoms with E-state index >= 15 is 0 Å². The molecular weight excluding hydrogens is 228 g/mol. The van der Waals surface area contributed by atoms with Gasteiger partial charge in [-0.3, -0.25) is 0 Å². The van der Waals surface area contributed by atoms with Crippen LogP contribution in [0.2, 0.25) is 5.28 Å². The van der Waals surface area contributed by atoms with Crippen molar-refractivity contribution in [3.8, 4) is 0 Å². The van der Waals surface area contributed by atoms with Crippen molar-refractivity contribution in [2.24, 2.45) is 0 Å². The lowest BCUT2D eigenvalue weighted by Gasteiger charge is -2.12. The first-order valence-corrected chi connectivity index (χ1v) is 5.59. The Morgan fingerprint density at radius 3 is 2.69 bits per heavy atom. The first kappa shape index (κ1) is 11.3. The van der Waals surface area contributed by atoms with Crippen molar-refractivity contribution in [1.82, 2.24) is 19.9 Å². The molecule has 6 nitrogen and oxygen atoms in total. The van der Waals surface area contributed by atoms with E-state index in [4.69, 9.17) is 11.6 Å². The van der Waals surface area contributed by atoms with Crippen LogP contribution < -0.4 is 10.6 Å². The first-order chi connectivity index (χ1) is 7.67. The zero-order chi connectivity index (χ0) is 11.5. The second-order valence-corrected chi connectivity index (χ2v) is 4.23. The van der Waals surface area contributed by atoms with E-state index in [1.54, 1.807) is 7.05 Å². The van der Waals surface area contributed by atoms with E-state index in [0.29, 0.717) is 17.9 Å². The van der Waals surface area contributed by atoms with Crippen LogP contribution in [0.15, 0.2) is 0 Å². The number of hydrogen-bond acceptors (Lipinski definition) is 6. The van der Waals surface area contributed by atoms with Crippen molar-refractivity contribution >= 4 is 23.5 Å². The highest BCUT2D eigenvalue weighted by atomic mass is 35.5. The standard InChI is InChI=1S/C9H15ClN6/c1-11-8-13-7(10)14-9(15-8)12-6-3-4-16(2)5-6/h6H,3-5H2,1-2H3,(H2,11,12,13,14,15). The third kappa shape index (κ3) is 2.70. The summed E-state index contributed by atoms with van der Waals surface area (Å²) in [5.41, 5.74) is 0. The Bertz CT molecular complexity index is 371. The fourth-order valence-electron chi connectivity index (χ4n) is 1.76. The molecule has 88 valence electrons. The molecule has 0 amide bonds. The summed E-state index contributed by atoms with van der Waals surface area (Å²) < 4.78 is 0. The highest BCUT2D eigenvalue weighted by Gasteiger charge is 2.20. The molecule has 1 aromatic rings. The van der Waals surface area contributed by atoms with Gasteiger partial charge in [0.1, 0.15) is 0 Å². The second-order valence-electron chi connectivity index (χ2n) is 3.89. The minimum absolute atomic E-state index is 0.202. The van der Waals surface area contributed by atoms with Crippen LogP contribution in [0.1, 0.15) is 6.42 Å². The molecule has 0 saturated carbocycles. The zero-order valence-electron chi connectivity index (χ0n) is 9.37. The van der Waals surface area contributed by atoms with Crippen molar-refractivity contribution in [2.45, 2.75) is 12.5 Å². The number of hydrogen-bond donors (Lipinski definition) is 2. The van der Waals surface area contributed by atoms with Crippen LogP contribution in [-0.4, -0.2) is 53.1 Å². The molecule has 1 aliphatic rings. The molecular formula is C9H15ClN6. The van der Waals surface area contributed by atoms with Gasteiger partial charge in [-0.1, -0.05) is 0 Å². The summed E-state index contributed by atoms with van der Waals surface area (Å²) in [5.74, 6) is 1.01. The van der Waals surface area contributed by atoms with Crippen LogP contribution in [0.25, 0.3) is 0 Å². The molecule has 2 N–H and O–H groups in total. The molecule has 1 unspecified atom stereocenters. The molecule has 1 fully saturated rings. The average Bonchev–Trinajstić information content (AvgIpc) is 2.63. The van der Waals surface area contributed by atoms with Crippen molar-refractivity contribution < 1.29 is 0 Å². The maximum absolute atomic E-state index is 5.79. The lowest BCUT2D eigenvalue weighted by molar-refractivity contribution is 0.414. The summed E-state index contributed by atoms with van der Waals surface area (Å²) in [4.78, 5) is 14.4. The van der Waals surface area contributed by atoms with E-state index in [1.165, 1.54) is 0 Å². The number of rotatable bonds is 3. The number of likely N-dealkylation sites (N-methyl/N-ethyl adjacent to an activating group) is 1. The Kier molecular flexibility index (Phi) is 3.40. The number of nitrogens with zero attached hydrogens (tertiary/aromatic N) is 4. The Balaban J connectivity index is 2.06. The van der Waals surface area contributed by atoms with Crippen LogP contribution in [0.3, 0.4) is 0 Å². The Morgan fingerprint density at radius 2 is 2.06 bits per heavy atom. The molecule has 2 rings (SSSR count). The summed E-state index contributed by atoms with van der Waals surface area (Å²) in [6.45, 7) is 2.09. The summed E-state index contributed by atoms with van der Waals surface area (Å²) in [6, 6.07) is 0.383. The summed E-state index contributed by atoms with van der Waals surface area (Å²) in [5, 5.41) is 6.31. The third-order valence-corrected chi connectivity index (χ3v) is 2.73. The molecule has 1 aromatic heterocycles. The number of halogens is 1. The van der Waals surface area contributed by atoms with Gasteiger partial charge >= 0.3 is 0 Å². The van der Waals surface area contributed by atoms with E-state index in [2.05, 4.69) is 37.5 Å². The van der Waals surface area contributed by atoms with Gasteiger partial charge in [-0.15, -0.1) is 0 Å². The number of nitrogens with one attached hydrogen (secondary N) is 2. The molecule has 0 radical (unpaired) electrons. The predicted molar refractivity (Wildman–Crippen MR) is 63.9 cm³/mol. The fourth-order valence-corrected chi connectivity index (χ4v) is 1.92. The fraction of sp³-hybridized carbons (Fsp3) is 0.667. The van der Waals surface area contributed by atoms with Gasteiger partial charge in [0.05, 0.1) is 0 Å². The quantitative estimate of drug-likeness (QED) is 0.813. The van der Waals surface area contributed by atoms with Crippen LogP contribution >= 0.6 is 11.6 Å². The smallest absolute Gasteiger partial charge is 0.229 e. The summed E-state index contributed by atoms with van der Waals surface area (Å²) in [7, 11) is 3.85. The molecule has 0 bridgehead atoms. The Hall–Kier alpha value is -1.14. The van der Waals surface area contributed by atoms with E-state index in [-0.39, 0.29) is 5.28 Å². The molecule has 0 aromatic carbocycles. The van der Waals surface area contributed by atoms with Crippen molar-refractivity contribution in [3.63, 3.8) is 0 Å². The Morgan fingerprint density at radius 1 is 1.31 bits per heavy atom. The Labute approximate surface area is 99.4 Å². The second kappa shape index (κ2) is 4.80. The van der Waals surface area contributed by atoms with Crippen molar-refractivity contribution in [2.75, 3.05) is 37.8 Å². The highest BCUT2D eigenvalue weighted by Crippen LogP contribution is 2.14. The van der Waals surface area contributed by atoms with E-state index < -0.39 is 0 Å². The monoisotopic (exact) mass is 242 g/mol. The van der Waals surface area contributed by atoms with Gasteiger partial charge in [-0.2, -0.15) is 15.0 Å². The number of aromatic nitrogens is 3. The summed E-state index contributed by atoms with van der Waals surface area (Å²) in [6.07, 6.45) is 1.09. The minimum Gasteiger partial charge on any atom is -0.357 e. The SMILES string of the molecule is CNc1nc(Cl)nc(NC2CCN(C)C2)n1. The van der Waals surface area contributed by atoms with Gasteiger partial charge < -0.3 is 15.5 Å². The normalized spacial score (nSPS) is 21.1. The van der Waals surface area contributed by atoms with Crippen molar-refractivity contribution in [1.29, 1.82) is 0 Å². The molecule has 16 heavy (non-hydrogen) atoms. The van der Waals surface area contributed by atoms with Crippen molar-refractivity contribution in [3.05, 3.63) is 5.28 Å². The molecule has 1 saturated heterocycles. The van der Waals surface area contributed by atoms with Gasteiger partial charge in [0.25, 0.3) is 0 Å². The van der Waals surface area contributed by atoms with Crippen LogP contribution in [0.5, 0.6) is 0 Å². The predicted octanol–water partition coefficient (Wildman–Crippen LogP) is 0.683. The van der Waals surface area contributed by atoms with Gasteiger partial charge in [0.2, 0.25) is 17.2 Å². The van der Waals surface area contributed by atoms with Gasteiger partial charge in [-0.05, 0) is 31.6 Å². The lowest BCUT2D eigenvalue weighted by Crippen LogP contribution is -2.24. The summed E-state index contributed by atoms with van der Waals surface area (Å²) >= 11 is 5.79. The molecule has 7 heteroatoms. The number of likely N-dealkylation sites (tertiary alicyclic amines) is 1. The van der Waals surface area contributed by atoms with Crippen LogP contribution in [0, 0.1) is 0 Å². The minimum atomic E-state index is 0.202. The third-order valence-electron chi connectivity index (χ3n) is 2.56. The molecule has 1 aliphatic heterocycles. The van der Waals surface area contributed by atoms with Gasteiger partial charge in [0, 0.05) is 19.6 Å². The lowest BCUT2D eigenvalue weighted by atomic mass is 10.3. The van der Waals surface area contributed by atoms with Gasteiger partial charge in [-0.25, -0.2) is 0 Å². The molecule has 0 aliphatic carbocycles. The number of anilines is 2. The highest BCUT2D eigenvalue weighted by molar-refractivity contribution is 6.28. The molecule has 1 atom stereocenters. The molecule has 0 spiro atoms. The van der Waals surface area contributed by atoms with E-state index in [1.807, 2.05) is 0 Å². The topological polar surface area (TPSA) is 66.0 Å². The van der Waals surface area contributed by atoms with Crippen LogP contribution in [0.4, 0.5) is 11.9 Å². The van der Waals surface area contributed by atoms with E-state index in [9.17, 15) is 0 Å². The van der Waals surface area contributed by atoms with E-state index in [0.717, 1.165) is 19.5 Å². The largest absolute Gasteiger partial charge is 0.357 e. The average molecular weight is 243 g/mol. The maximum atomic E-state index is 5.79. The maximum Gasteiger partial charge on any atom is 0.229 e.